The zero-order valence-electron chi connectivity index (χ0n) is 23.2. The van der Waals surface area contributed by atoms with Crippen LogP contribution in [0.2, 0.25) is 0 Å². The first-order chi connectivity index (χ1) is 17.2. The molecule has 5 heteroatoms. The summed E-state index contributed by atoms with van der Waals surface area (Å²) < 4.78 is 15.9. The average Bonchev–Trinajstić information content (AvgIpc) is 2.78. The van der Waals surface area contributed by atoms with Gasteiger partial charge in [0.25, 0.3) is 0 Å². The lowest BCUT2D eigenvalue weighted by Crippen LogP contribution is -2.24. The van der Waals surface area contributed by atoms with Crippen molar-refractivity contribution in [3.05, 3.63) is 89.5 Å². The fourth-order valence-electron chi connectivity index (χ4n) is 4.83. The molecule has 0 bridgehead atoms. The van der Waals surface area contributed by atoms with Crippen LogP contribution in [0.5, 0.6) is 17.2 Å². The maximum absolute atomic E-state index is 12.4. The number of rotatable bonds is 7. The number of carbonyl (C=O) groups is 2. The molecule has 0 saturated heterocycles. The minimum Gasteiger partial charge on any atom is -0.427 e. The lowest BCUT2D eigenvalue weighted by atomic mass is 9.72. The van der Waals surface area contributed by atoms with Crippen LogP contribution in [0.3, 0.4) is 0 Å². The lowest BCUT2D eigenvalue weighted by molar-refractivity contribution is -0.131. The molecular weight excluding hydrogens is 464 g/mol. The number of carbonyl (C=O) groups excluding carboxylic acids is 2. The van der Waals surface area contributed by atoms with E-state index in [1.165, 1.54) is 12.5 Å². The van der Waals surface area contributed by atoms with Crippen molar-refractivity contribution in [3.63, 3.8) is 0 Å². The first-order valence-corrected chi connectivity index (χ1v) is 12.6. The first kappa shape index (κ1) is 28.0. The molecule has 37 heavy (non-hydrogen) atoms. The topological polar surface area (TPSA) is 61.8 Å². The molecule has 0 unspecified atom stereocenters. The van der Waals surface area contributed by atoms with Gasteiger partial charge in [-0.1, -0.05) is 84.9 Å². The molecule has 3 aromatic rings. The summed E-state index contributed by atoms with van der Waals surface area (Å²) in [6.45, 7) is 16.7. The molecule has 0 N–H and O–H groups in total. The summed E-state index contributed by atoms with van der Waals surface area (Å²) in [6.07, 6.45) is 0.254. The van der Waals surface area contributed by atoms with Crippen LogP contribution in [0.4, 0.5) is 4.79 Å². The summed E-state index contributed by atoms with van der Waals surface area (Å²) in [7, 11) is 0. The fourth-order valence-corrected chi connectivity index (χ4v) is 4.83. The minimum atomic E-state index is -0.783. The number of hydrogen-bond acceptors (Lipinski definition) is 5. The Kier molecular flexibility index (Phi) is 8.16. The van der Waals surface area contributed by atoms with E-state index in [4.69, 9.17) is 14.2 Å². The third-order valence-electron chi connectivity index (χ3n) is 6.42. The van der Waals surface area contributed by atoms with Gasteiger partial charge in [0.1, 0.15) is 17.2 Å². The third-order valence-corrected chi connectivity index (χ3v) is 6.42. The molecule has 0 aliphatic carbocycles. The highest BCUT2D eigenvalue weighted by molar-refractivity contribution is 5.69. The van der Waals surface area contributed by atoms with Crippen LogP contribution >= 0.6 is 0 Å². The molecule has 0 heterocycles. The van der Waals surface area contributed by atoms with Gasteiger partial charge in [0.15, 0.2) is 0 Å². The predicted molar refractivity (Wildman–Crippen MR) is 147 cm³/mol. The van der Waals surface area contributed by atoms with Crippen molar-refractivity contribution < 1.29 is 23.8 Å². The van der Waals surface area contributed by atoms with Crippen LogP contribution < -0.4 is 14.2 Å². The van der Waals surface area contributed by atoms with Crippen LogP contribution in [0, 0.1) is 5.41 Å². The van der Waals surface area contributed by atoms with Crippen molar-refractivity contribution in [2.75, 3.05) is 0 Å². The molecule has 3 rings (SSSR count). The van der Waals surface area contributed by atoms with Gasteiger partial charge < -0.3 is 14.2 Å². The maximum atomic E-state index is 12.4. The minimum absolute atomic E-state index is 0.0111. The Bertz CT molecular complexity index is 1210. The van der Waals surface area contributed by atoms with Gasteiger partial charge in [-0.2, -0.15) is 0 Å². The zero-order chi connectivity index (χ0) is 27.4. The Morgan fingerprint density at radius 3 is 1.27 bits per heavy atom. The monoisotopic (exact) mass is 502 g/mol. The van der Waals surface area contributed by atoms with Crippen molar-refractivity contribution in [3.8, 4) is 17.2 Å². The van der Waals surface area contributed by atoms with Gasteiger partial charge in [-0.05, 0) is 70.3 Å². The summed E-state index contributed by atoms with van der Waals surface area (Å²) in [4.78, 5) is 23.5. The van der Waals surface area contributed by atoms with E-state index in [0.717, 1.165) is 17.5 Å². The predicted octanol–water partition coefficient (Wildman–Crippen LogP) is 8.23. The Balaban J connectivity index is 1.62. The molecule has 0 radical (unpaired) electrons. The Labute approximate surface area is 220 Å². The molecule has 0 aliphatic heterocycles. The van der Waals surface area contributed by atoms with Crippen LogP contribution in [0.25, 0.3) is 0 Å². The van der Waals surface area contributed by atoms with Crippen LogP contribution in [0.1, 0.15) is 78.5 Å². The molecule has 5 nitrogen and oxygen atoms in total. The van der Waals surface area contributed by atoms with E-state index < -0.39 is 6.16 Å². The van der Waals surface area contributed by atoms with Gasteiger partial charge in [0.05, 0.1) is 0 Å². The highest BCUT2D eigenvalue weighted by Gasteiger charge is 2.27. The van der Waals surface area contributed by atoms with Gasteiger partial charge in [0, 0.05) is 12.3 Å². The second kappa shape index (κ2) is 10.8. The fraction of sp³-hybridized carbons (Fsp3) is 0.375. The molecule has 196 valence electrons. The zero-order valence-corrected chi connectivity index (χ0v) is 23.2. The Hall–Kier alpha value is -3.60. The van der Waals surface area contributed by atoms with Gasteiger partial charge in [-0.3, -0.25) is 4.79 Å². The molecule has 0 atom stereocenters. The normalized spacial score (nSPS) is 12.1. The second-order valence-electron chi connectivity index (χ2n) is 11.9. The number of esters is 1. The third kappa shape index (κ3) is 7.69. The molecule has 0 amide bonds. The van der Waals surface area contributed by atoms with Crippen LogP contribution in [-0.2, 0) is 15.6 Å². The highest BCUT2D eigenvalue weighted by atomic mass is 16.7. The van der Waals surface area contributed by atoms with Crippen molar-refractivity contribution >= 4 is 12.1 Å². The van der Waals surface area contributed by atoms with Gasteiger partial charge in [-0.25, -0.2) is 4.79 Å². The lowest BCUT2D eigenvalue weighted by Gasteiger charge is -2.33. The molecule has 0 saturated carbocycles. The Morgan fingerprint density at radius 2 is 0.919 bits per heavy atom. The SMILES string of the molecule is CC(=O)Oc1ccc(C(C)(C)c2ccc(OC(=O)Oc3ccc(C(C)(C)CC(C)(C)C)cc3)cc2)cc1. The summed E-state index contributed by atoms with van der Waals surface area (Å²) >= 11 is 0. The molecule has 0 fully saturated rings. The van der Waals surface area contributed by atoms with Gasteiger partial charge in [-0.15, -0.1) is 0 Å². The van der Waals surface area contributed by atoms with Crippen molar-refractivity contribution in [2.24, 2.45) is 5.41 Å². The molecule has 0 aromatic heterocycles. The standard InChI is InChI=1S/C32H38O5/c1-22(33)35-26-17-11-24(12-18-26)32(7,8)25-13-19-28(20-14-25)37-29(34)36-27-15-9-23(10-16-27)31(5,6)21-30(2,3)4/h9-20H,21H2,1-8H3. The van der Waals surface area contributed by atoms with Crippen molar-refractivity contribution in [1.29, 1.82) is 0 Å². The average molecular weight is 503 g/mol. The molecule has 3 aromatic carbocycles. The quantitative estimate of drug-likeness (QED) is 0.185. The summed E-state index contributed by atoms with van der Waals surface area (Å²) in [6, 6.07) is 22.4. The van der Waals surface area contributed by atoms with E-state index in [-0.39, 0.29) is 22.2 Å². The summed E-state index contributed by atoms with van der Waals surface area (Å²) in [5.41, 5.74) is 3.21. The summed E-state index contributed by atoms with van der Waals surface area (Å²) in [5, 5.41) is 0. The highest BCUT2D eigenvalue weighted by Crippen LogP contribution is 2.37. The van der Waals surface area contributed by atoms with E-state index in [9.17, 15) is 9.59 Å². The van der Waals surface area contributed by atoms with E-state index in [0.29, 0.717) is 17.2 Å². The maximum Gasteiger partial charge on any atom is 0.519 e. The number of ether oxygens (including phenoxy) is 3. The molecule has 0 aliphatic rings. The van der Waals surface area contributed by atoms with E-state index in [1.54, 1.807) is 36.4 Å². The number of hydrogen-bond donors (Lipinski definition) is 0. The van der Waals surface area contributed by atoms with Gasteiger partial charge in [0.2, 0.25) is 0 Å². The number of benzene rings is 3. The van der Waals surface area contributed by atoms with Crippen molar-refractivity contribution in [1.82, 2.24) is 0 Å². The first-order valence-electron chi connectivity index (χ1n) is 12.6. The van der Waals surface area contributed by atoms with Crippen LogP contribution in [-0.4, -0.2) is 12.1 Å². The largest absolute Gasteiger partial charge is 0.519 e. The summed E-state index contributed by atoms with van der Waals surface area (Å²) in [5.74, 6) is 1.00. The van der Waals surface area contributed by atoms with Gasteiger partial charge >= 0.3 is 12.1 Å². The van der Waals surface area contributed by atoms with E-state index in [1.807, 2.05) is 36.4 Å². The van der Waals surface area contributed by atoms with E-state index in [2.05, 4.69) is 48.5 Å². The second-order valence-corrected chi connectivity index (χ2v) is 11.9. The molecule has 0 spiro atoms. The van der Waals surface area contributed by atoms with Crippen molar-refractivity contribution in [2.45, 2.75) is 72.6 Å². The van der Waals surface area contributed by atoms with Crippen LogP contribution in [0.15, 0.2) is 72.8 Å². The van der Waals surface area contributed by atoms with E-state index >= 15 is 0 Å². The Morgan fingerprint density at radius 1 is 0.568 bits per heavy atom. The molecular formula is C32H38O5. The smallest absolute Gasteiger partial charge is 0.427 e.